The van der Waals surface area contributed by atoms with Crippen molar-refractivity contribution in [2.75, 3.05) is 38.7 Å². The predicted molar refractivity (Wildman–Crippen MR) is 61.9 cm³/mol. The molecule has 1 aliphatic heterocycles. The maximum absolute atomic E-state index is 5.36. The van der Waals surface area contributed by atoms with E-state index in [1.165, 1.54) is 0 Å². The van der Waals surface area contributed by atoms with E-state index in [1.54, 1.807) is 13.3 Å². The Morgan fingerprint density at radius 3 is 3.19 bits per heavy atom. The van der Waals surface area contributed by atoms with E-state index in [2.05, 4.69) is 15.6 Å². The number of hydrogen-bond donors (Lipinski definition) is 2. The second-order valence-electron chi connectivity index (χ2n) is 3.69. The molecular weight excluding hydrogens is 206 g/mol. The Morgan fingerprint density at radius 2 is 2.56 bits per heavy atom. The zero-order chi connectivity index (χ0) is 11.2. The summed E-state index contributed by atoms with van der Waals surface area (Å²) in [6.45, 7) is 3.29. The van der Waals surface area contributed by atoms with Gasteiger partial charge in [-0.25, -0.2) is 4.98 Å². The van der Waals surface area contributed by atoms with Gasteiger partial charge in [0.15, 0.2) is 0 Å². The molecule has 16 heavy (non-hydrogen) atoms. The molecule has 5 heteroatoms. The summed E-state index contributed by atoms with van der Waals surface area (Å²) in [5, 5.41) is 6.63. The molecule has 1 atom stereocenters. The van der Waals surface area contributed by atoms with Gasteiger partial charge in [0.25, 0.3) is 0 Å². The molecule has 2 N–H and O–H groups in total. The van der Waals surface area contributed by atoms with Gasteiger partial charge in [-0.2, -0.15) is 0 Å². The number of rotatable bonds is 4. The Hall–Kier alpha value is -1.33. The first-order chi connectivity index (χ1) is 7.88. The minimum absolute atomic E-state index is 0.359. The molecule has 1 aliphatic rings. The van der Waals surface area contributed by atoms with Crippen LogP contribution in [0.25, 0.3) is 0 Å². The van der Waals surface area contributed by atoms with E-state index in [-0.39, 0.29) is 0 Å². The number of aromatic nitrogens is 1. The quantitative estimate of drug-likeness (QED) is 0.778. The third kappa shape index (κ3) is 3.08. The molecule has 1 aromatic heterocycles. The van der Waals surface area contributed by atoms with Crippen molar-refractivity contribution in [3.8, 4) is 5.75 Å². The summed E-state index contributed by atoms with van der Waals surface area (Å²) in [6.07, 6.45) is 1.70. The molecule has 0 saturated carbocycles. The van der Waals surface area contributed by atoms with Crippen molar-refractivity contribution >= 4 is 5.82 Å². The average Bonchev–Trinajstić information content (AvgIpc) is 2.38. The minimum Gasteiger partial charge on any atom is -0.495 e. The molecule has 0 aromatic carbocycles. The lowest BCUT2D eigenvalue weighted by Gasteiger charge is -2.24. The predicted octanol–water partition coefficient (Wildman–Crippen LogP) is 0.490. The second-order valence-corrected chi connectivity index (χ2v) is 3.69. The third-order valence-corrected chi connectivity index (χ3v) is 2.50. The van der Waals surface area contributed by atoms with Gasteiger partial charge < -0.3 is 20.1 Å². The van der Waals surface area contributed by atoms with Crippen LogP contribution in [0, 0.1) is 0 Å². The molecular formula is C11H17N3O2. The maximum Gasteiger partial charge on any atom is 0.137 e. The molecule has 2 rings (SSSR count). The van der Waals surface area contributed by atoms with E-state index < -0.39 is 0 Å². The van der Waals surface area contributed by atoms with Crippen molar-refractivity contribution in [1.29, 1.82) is 0 Å². The van der Waals surface area contributed by atoms with Crippen LogP contribution in [0.15, 0.2) is 18.3 Å². The van der Waals surface area contributed by atoms with E-state index in [1.807, 2.05) is 12.1 Å². The Kier molecular flexibility index (Phi) is 3.96. The highest BCUT2D eigenvalue weighted by molar-refractivity contribution is 5.37. The van der Waals surface area contributed by atoms with Crippen molar-refractivity contribution in [3.63, 3.8) is 0 Å². The first kappa shape index (κ1) is 11.2. The number of morpholine rings is 1. The number of nitrogens with zero attached hydrogens (tertiary/aromatic N) is 1. The topological polar surface area (TPSA) is 55.4 Å². The SMILES string of the molecule is COc1ccc(NCC2COCCN2)nc1. The van der Waals surface area contributed by atoms with Crippen LogP contribution in [0.1, 0.15) is 0 Å². The van der Waals surface area contributed by atoms with Crippen LogP contribution in [0.4, 0.5) is 5.82 Å². The molecule has 0 amide bonds. The molecule has 88 valence electrons. The smallest absolute Gasteiger partial charge is 0.137 e. The van der Waals surface area contributed by atoms with Crippen molar-refractivity contribution in [2.24, 2.45) is 0 Å². The number of ether oxygens (including phenoxy) is 2. The highest BCUT2D eigenvalue weighted by Crippen LogP contribution is 2.11. The summed E-state index contributed by atoms with van der Waals surface area (Å²) >= 11 is 0. The van der Waals surface area contributed by atoms with Crippen molar-refractivity contribution in [3.05, 3.63) is 18.3 Å². The first-order valence-electron chi connectivity index (χ1n) is 5.43. The van der Waals surface area contributed by atoms with Crippen LogP contribution in [-0.4, -0.2) is 44.4 Å². The first-order valence-corrected chi connectivity index (χ1v) is 5.43. The van der Waals surface area contributed by atoms with Gasteiger partial charge in [0.2, 0.25) is 0 Å². The average molecular weight is 223 g/mol. The molecule has 1 fully saturated rings. The zero-order valence-electron chi connectivity index (χ0n) is 9.40. The molecule has 5 nitrogen and oxygen atoms in total. The summed E-state index contributed by atoms with van der Waals surface area (Å²) < 4.78 is 10.4. The molecule has 1 unspecified atom stereocenters. The minimum atomic E-state index is 0.359. The van der Waals surface area contributed by atoms with Gasteiger partial charge in [0.05, 0.1) is 26.5 Å². The lowest BCUT2D eigenvalue weighted by molar-refractivity contribution is 0.0806. The molecule has 0 aliphatic carbocycles. The largest absolute Gasteiger partial charge is 0.495 e. The van der Waals surface area contributed by atoms with Crippen LogP contribution in [-0.2, 0) is 4.74 Å². The van der Waals surface area contributed by atoms with Crippen LogP contribution >= 0.6 is 0 Å². The maximum atomic E-state index is 5.36. The van der Waals surface area contributed by atoms with Gasteiger partial charge in [-0.05, 0) is 12.1 Å². The number of nitrogens with one attached hydrogen (secondary N) is 2. The summed E-state index contributed by atoms with van der Waals surface area (Å²) in [5.74, 6) is 1.62. The molecule has 0 spiro atoms. The monoisotopic (exact) mass is 223 g/mol. The third-order valence-electron chi connectivity index (χ3n) is 2.50. The highest BCUT2D eigenvalue weighted by atomic mass is 16.5. The van der Waals surface area contributed by atoms with E-state index in [9.17, 15) is 0 Å². The standard InChI is InChI=1S/C11H17N3O2/c1-15-10-2-3-11(14-7-10)13-6-9-8-16-5-4-12-9/h2-3,7,9,12H,4-6,8H2,1H3,(H,13,14). The highest BCUT2D eigenvalue weighted by Gasteiger charge is 2.12. The van der Waals surface area contributed by atoms with E-state index in [0.29, 0.717) is 6.04 Å². The van der Waals surface area contributed by atoms with Crippen LogP contribution in [0.5, 0.6) is 5.75 Å². The Labute approximate surface area is 95.2 Å². The molecule has 1 aromatic rings. The number of methoxy groups -OCH3 is 1. The fourth-order valence-electron chi connectivity index (χ4n) is 1.58. The fourth-order valence-corrected chi connectivity index (χ4v) is 1.58. The van der Waals surface area contributed by atoms with Crippen molar-refractivity contribution < 1.29 is 9.47 Å². The lowest BCUT2D eigenvalue weighted by Crippen LogP contribution is -2.45. The number of hydrogen-bond acceptors (Lipinski definition) is 5. The van der Waals surface area contributed by atoms with E-state index in [4.69, 9.17) is 9.47 Å². The molecule has 0 bridgehead atoms. The summed E-state index contributed by atoms with van der Waals surface area (Å²) in [4.78, 5) is 4.23. The van der Waals surface area contributed by atoms with Gasteiger partial charge in [0.1, 0.15) is 11.6 Å². The normalized spacial score (nSPS) is 20.4. The van der Waals surface area contributed by atoms with E-state index >= 15 is 0 Å². The number of pyridine rings is 1. The Morgan fingerprint density at radius 1 is 1.62 bits per heavy atom. The Bertz CT molecular complexity index is 310. The van der Waals surface area contributed by atoms with Crippen LogP contribution in [0.3, 0.4) is 0 Å². The van der Waals surface area contributed by atoms with Crippen LogP contribution < -0.4 is 15.4 Å². The van der Waals surface area contributed by atoms with Gasteiger partial charge in [-0.1, -0.05) is 0 Å². The number of anilines is 1. The lowest BCUT2D eigenvalue weighted by atomic mass is 10.3. The van der Waals surface area contributed by atoms with Gasteiger partial charge in [-0.15, -0.1) is 0 Å². The molecule has 2 heterocycles. The zero-order valence-corrected chi connectivity index (χ0v) is 9.40. The van der Waals surface area contributed by atoms with Gasteiger partial charge >= 0.3 is 0 Å². The molecule has 1 saturated heterocycles. The van der Waals surface area contributed by atoms with Crippen molar-refractivity contribution in [1.82, 2.24) is 10.3 Å². The Balaban J connectivity index is 1.79. The molecule has 0 radical (unpaired) electrons. The van der Waals surface area contributed by atoms with Crippen LogP contribution in [0.2, 0.25) is 0 Å². The van der Waals surface area contributed by atoms with E-state index in [0.717, 1.165) is 37.9 Å². The summed E-state index contributed by atoms with van der Waals surface area (Å²) in [7, 11) is 1.63. The fraction of sp³-hybridized carbons (Fsp3) is 0.545. The summed E-state index contributed by atoms with van der Waals surface area (Å²) in [6, 6.07) is 4.15. The van der Waals surface area contributed by atoms with Gasteiger partial charge in [-0.3, -0.25) is 0 Å². The van der Waals surface area contributed by atoms with Gasteiger partial charge in [0, 0.05) is 19.1 Å². The summed E-state index contributed by atoms with van der Waals surface area (Å²) in [5.41, 5.74) is 0. The second kappa shape index (κ2) is 5.67. The van der Waals surface area contributed by atoms with Crippen molar-refractivity contribution in [2.45, 2.75) is 6.04 Å².